The molecule has 0 unspecified atom stereocenters. The van der Waals surface area contributed by atoms with Gasteiger partial charge < -0.3 is 15.0 Å². The molecule has 0 radical (unpaired) electrons. The van der Waals surface area contributed by atoms with E-state index in [4.69, 9.17) is 26.6 Å². The molecule has 1 atom stereocenters. The van der Waals surface area contributed by atoms with Gasteiger partial charge in [-0.15, -0.1) is 0 Å². The van der Waals surface area contributed by atoms with Gasteiger partial charge in [-0.2, -0.15) is 0 Å². The summed E-state index contributed by atoms with van der Waals surface area (Å²) in [5, 5.41) is 0.280. The van der Waals surface area contributed by atoms with Crippen molar-refractivity contribution in [2.45, 2.75) is 44.8 Å². The van der Waals surface area contributed by atoms with E-state index >= 15 is 0 Å². The van der Waals surface area contributed by atoms with E-state index in [1.165, 1.54) is 12.1 Å². The van der Waals surface area contributed by atoms with Crippen LogP contribution in [0.3, 0.4) is 0 Å². The second-order valence-electron chi connectivity index (χ2n) is 5.82. The molecule has 0 spiro atoms. The summed E-state index contributed by atoms with van der Waals surface area (Å²) in [6.45, 7) is 7.80. The third-order valence-electron chi connectivity index (χ3n) is 3.89. The van der Waals surface area contributed by atoms with Crippen molar-refractivity contribution in [3.8, 4) is 0 Å². The highest BCUT2D eigenvalue weighted by Gasteiger charge is 2.53. The van der Waals surface area contributed by atoms with Crippen molar-refractivity contribution < 1.29 is 13.7 Å². The molecule has 104 valence electrons. The molecule has 1 aliphatic heterocycles. The second-order valence-corrected chi connectivity index (χ2v) is 6.22. The third kappa shape index (κ3) is 2.65. The predicted molar refractivity (Wildman–Crippen MR) is 74.4 cm³/mol. The Morgan fingerprint density at radius 1 is 1.21 bits per heavy atom. The van der Waals surface area contributed by atoms with Crippen molar-refractivity contribution in [3.63, 3.8) is 0 Å². The zero-order chi connectivity index (χ0) is 14.4. The van der Waals surface area contributed by atoms with E-state index in [2.05, 4.69) is 0 Å². The minimum atomic E-state index is -0.604. The maximum atomic E-state index is 13.0. The lowest BCUT2D eigenvalue weighted by Crippen LogP contribution is -2.41. The van der Waals surface area contributed by atoms with Crippen molar-refractivity contribution >= 4 is 18.7 Å². The molecule has 2 rings (SSSR count). The van der Waals surface area contributed by atoms with Gasteiger partial charge in [0.2, 0.25) is 0 Å². The maximum Gasteiger partial charge on any atom is 0.480 e. The Labute approximate surface area is 118 Å². The fourth-order valence-corrected chi connectivity index (χ4v) is 2.25. The molecule has 0 saturated carbocycles. The normalized spacial score (nSPS) is 22.6. The number of rotatable bonds is 2. The Kier molecular flexibility index (Phi) is 3.69. The summed E-state index contributed by atoms with van der Waals surface area (Å²) < 4.78 is 24.8. The van der Waals surface area contributed by atoms with Gasteiger partial charge in [0, 0.05) is 5.02 Å². The van der Waals surface area contributed by atoms with Crippen LogP contribution in [0.1, 0.15) is 39.2 Å². The zero-order valence-corrected chi connectivity index (χ0v) is 12.3. The summed E-state index contributed by atoms with van der Waals surface area (Å²) in [4.78, 5) is 0. The summed E-state index contributed by atoms with van der Waals surface area (Å²) >= 11 is 6.01. The standard InChI is InChI=1S/C13H18BClFNO2/c1-12(2)13(3,4)19-14(18-12)11(17)9-6-5-8(16)7-10(9)15/h5-7,11H,17H2,1-4H3/t11-/m1/s1. The zero-order valence-electron chi connectivity index (χ0n) is 11.5. The molecule has 1 aromatic carbocycles. The molecule has 6 heteroatoms. The predicted octanol–water partition coefficient (Wildman–Crippen LogP) is 3.11. The van der Waals surface area contributed by atoms with Crippen molar-refractivity contribution in [3.05, 3.63) is 34.6 Å². The number of hydrogen-bond acceptors (Lipinski definition) is 3. The van der Waals surface area contributed by atoms with Crippen LogP contribution in [0.15, 0.2) is 18.2 Å². The Hall–Kier alpha value is -0.615. The Balaban J connectivity index is 2.24. The second kappa shape index (κ2) is 4.74. The summed E-state index contributed by atoms with van der Waals surface area (Å²) in [7, 11) is -0.604. The number of hydrogen-bond donors (Lipinski definition) is 1. The fraction of sp³-hybridized carbons (Fsp3) is 0.538. The molecular formula is C13H18BClFNO2. The highest BCUT2D eigenvalue weighted by Crippen LogP contribution is 2.40. The lowest BCUT2D eigenvalue weighted by atomic mass is 9.75. The number of benzene rings is 1. The largest absolute Gasteiger partial charge is 0.480 e. The highest BCUT2D eigenvalue weighted by atomic mass is 35.5. The van der Waals surface area contributed by atoms with E-state index in [1.54, 1.807) is 6.07 Å². The molecule has 2 N–H and O–H groups in total. The van der Waals surface area contributed by atoms with Gasteiger partial charge in [0.1, 0.15) is 5.82 Å². The molecule has 19 heavy (non-hydrogen) atoms. The number of nitrogens with two attached hydrogens (primary N) is 1. The van der Waals surface area contributed by atoms with Crippen LogP contribution >= 0.6 is 11.6 Å². The van der Waals surface area contributed by atoms with Crippen LogP contribution < -0.4 is 5.73 Å². The Bertz CT molecular complexity index is 480. The van der Waals surface area contributed by atoms with Crippen LogP contribution in [-0.4, -0.2) is 18.3 Å². The van der Waals surface area contributed by atoms with Crippen LogP contribution in [0.4, 0.5) is 4.39 Å². The van der Waals surface area contributed by atoms with Gasteiger partial charge in [0.05, 0.1) is 17.1 Å². The molecule has 1 aliphatic rings. The first-order chi connectivity index (χ1) is 8.64. The Morgan fingerprint density at radius 2 is 1.74 bits per heavy atom. The van der Waals surface area contributed by atoms with Crippen LogP contribution in [-0.2, 0) is 9.31 Å². The van der Waals surface area contributed by atoms with Crippen molar-refractivity contribution in [2.24, 2.45) is 5.73 Å². The van der Waals surface area contributed by atoms with Gasteiger partial charge in [0.25, 0.3) is 0 Å². The monoisotopic (exact) mass is 285 g/mol. The van der Waals surface area contributed by atoms with Crippen molar-refractivity contribution in [2.75, 3.05) is 0 Å². The molecule has 3 nitrogen and oxygen atoms in total. The molecule has 0 bridgehead atoms. The lowest BCUT2D eigenvalue weighted by molar-refractivity contribution is 0.00578. The fourth-order valence-electron chi connectivity index (χ4n) is 1.95. The van der Waals surface area contributed by atoms with Crippen LogP contribution in [0.5, 0.6) is 0 Å². The maximum absolute atomic E-state index is 13.0. The van der Waals surface area contributed by atoms with Gasteiger partial charge >= 0.3 is 7.12 Å². The SMILES string of the molecule is CC1(C)OB([C@H](N)c2ccc(F)cc2Cl)OC1(C)C. The first kappa shape index (κ1) is 14.8. The van der Waals surface area contributed by atoms with Gasteiger partial charge in [-0.25, -0.2) is 4.39 Å². The highest BCUT2D eigenvalue weighted by molar-refractivity contribution is 6.48. The summed E-state index contributed by atoms with van der Waals surface area (Å²) in [5.41, 5.74) is 5.84. The molecule has 1 heterocycles. The average molecular weight is 286 g/mol. The van der Waals surface area contributed by atoms with E-state index in [-0.39, 0.29) is 5.02 Å². The van der Waals surface area contributed by atoms with Crippen LogP contribution in [0, 0.1) is 5.82 Å². The summed E-state index contributed by atoms with van der Waals surface area (Å²) in [6, 6.07) is 4.13. The molecule has 1 saturated heterocycles. The van der Waals surface area contributed by atoms with E-state index in [0.29, 0.717) is 5.56 Å². The van der Waals surface area contributed by atoms with E-state index in [9.17, 15) is 4.39 Å². The average Bonchev–Trinajstić information content (AvgIpc) is 2.47. The van der Waals surface area contributed by atoms with E-state index < -0.39 is 30.1 Å². The van der Waals surface area contributed by atoms with Gasteiger partial charge in [-0.1, -0.05) is 17.7 Å². The van der Waals surface area contributed by atoms with Crippen molar-refractivity contribution in [1.82, 2.24) is 0 Å². The molecule has 0 aliphatic carbocycles. The number of halogens is 2. The summed E-state index contributed by atoms with van der Waals surface area (Å²) in [6.07, 6.45) is 0. The smallest absolute Gasteiger partial charge is 0.402 e. The topological polar surface area (TPSA) is 44.5 Å². The first-order valence-corrected chi connectivity index (χ1v) is 6.58. The lowest BCUT2D eigenvalue weighted by Gasteiger charge is -2.32. The molecule has 0 aromatic heterocycles. The minimum Gasteiger partial charge on any atom is -0.402 e. The van der Waals surface area contributed by atoms with E-state index in [1.807, 2.05) is 27.7 Å². The van der Waals surface area contributed by atoms with E-state index in [0.717, 1.165) is 0 Å². The third-order valence-corrected chi connectivity index (χ3v) is 4.21. The first-order valence-electron chi connectivity index (χ1n) is 6.20. The van der Waals surface area contributed by atoms with Gasteiger partial charge in [-0.05, 0) is 45.4 Å². The molecule has 0 amide bonds. The Morgan fingerprint density at radius 3 is 2.21 bits per heavy atom. The van der Waals surface area contributed by atoms with Gasteiger partial charge in [0.15, 0.2) is 0 Å². The van der Waals surface area contributed by atoms with Crippen LogP contribution in [0.25, 0.3) is 0 Å². The minimum absolute atomic E-state index is 0.280. The summed E-state index contributed by atoms with van der Waals surface area (Å²) in [5.74, 6) is -0.955. The quantitative estimate of drug-likeness (QED) is 0.849. The molecule has 1 fully saturated rings. The van der Waals surface area contributed by atoms with Gasteiger partial charge in [-0.3, -0.25) is 0 Å². The molecular weight excluding hydrogens is 267 g/mol. The van der Waals surface area contributed by atoms with Crippen molar-refractivity contribution in [1.29, 1.82) is 0 Å². The van der Waals surface area contributed by atoms with Crippen LogP contribution in [0.2, 0.25) is 5.02 Å². The molecule has 1 aromatic rings.